The third-order valence-corrected chi connectivity index (χ3v) is 7.13. The maximum Gasteiger partial charge on any atom is 0.209 e. The van der Waals surface area contributed by atoms with Gasteiger partial charge >= 0.3 is 0 Å². The molecule has 1 saturated carbocycles. The van der Waals surface area contributed by atoms with Crippen LogP contribution in [-0.4, -0.2) is 56.1 Å². The molecular formula is C23H31N3O4S. The molecule has 0 radical (unpaired) electrons. The van der Waals surface area contributed by atoms with Crippen LogP contribution in [0.3, 0.4) is 0 Å². The molecule has 0 spiro atoms. The summed E-state index contributed by atoms with van der Waals surface area (Å²) < 4.78 is 32.9. The van der Waals surface area contributed by atoms with Crippen molar-refractivity contribution in [2.45, 2.75) is 56.2 Å². The van der Waals surface area contributed by atoms with E-state index in [1.807, 2.05) is 0 Å². The van der Waals surface area contributed by atoms with Crippen LogP contribution in [0, 0.1) is 0 Å². The Bertz CT molecular complexity index is 962. The van der Waals surface area contributed by atoms with Gasteiger partial charge in [-0.3, -0.25) is 4.98 Å². The van der Waals surface area contributed by atoms with Gasteiger partial charge in [-0.05, 0) is 43.6 Å². The average Bonchev–Trinajstić information content (AvgIpc) is 3.14. The summed E-state index contributed by atoms with van der Waals surface area (Å²) in [5, 5.41) is 9.83. The fraction of sp³-hybridized carbons (Fsp3) is 0.522. The Morgan fingerprint density at radius 3 is 2.55 bits per heavy atom. The van der Waals surface area contributed by atoms with E-state index in [0.717, 1.165) is 31.4 Å². The number of aromatic nitrogens is 1. The molecule has 8 heteroatoms. The fourth-order valence-electron chi connectivity index (χ4n) is 4.89. The first-order chi connectivity index (χ1) is 14.9. The maximum atomic E-state index is 11.9. The summed E-state index contributed by atoms with van der Waals surface area (Å²) in [6.07, 6.45) is 9.35. The molecule has 7 nitrogen and oxygen atoms in total. The highest BCUT2D eigenvalue weighted by atomic mass is 32.2. The van der Waals surface area contributed by atoms with Crippen molar-refractivity contribution in [3.05, 3.63) is 54.4 Å². The molecule has 0 bridgehead atoms. The van der Waals surface area contributed by atoms with Gasteiger partial charge in [0.2, 0.25) is 10.0 Å². The van der Waals surface area contributed by atoms with E-state index in [0.29, 0.717) is 25.5 Å². The molecule has 2 aromatic rings. The molecule has 2 N–H and O–H groups in total. The van der Waals surface area contributed by atoms with Crippen molar-refractivity contribution in [2.24, 2.45) is 0 Å². The third-order valence-electron chi connectivity index (χ3n) is 6.40. The average molecular weight is 446 g/mol. The molecule has 168 valence electrons. The number of pyridine rings is 1. The standard InChI is InChI=1S/C23H31N3O4S/c1-31(28,29)25-22-11-12-26(19-13-20(27)15-24-14-19)23(22)16-30-21-9-7-18(8-10-21)17-5-3-2-4-6-17/h2-6,13-15,18,21-23,25,27H,7-12,16H2,1H3/t18-,21+,22-,23-/m0/s1. The number of ether oxygens (including phenoxy) is 1. The van der Waals surface area contributed by atoms with Gasteiger partial charge in [-0.2, -0.15) is 0 Å². The van der Waals surface area contributed by atoms with Gasteiger partial charge in [-0.1, -0.05) is 30.3 Å². The summed E-state index contributed by atoms with van der Waals surface area (Å²) in [6.45, 7) is 1.11. The first-order valence-corrected chi connectivity index (χ1v) is 12.8. The van der Waals surface area contributed by atoms with Crippen molar-refractivity contribution in [3.8, 4) is 5.75 Å². The Labute approximate surface area is 184 Å². The van der Waals surface area contributed by atoms with E-state index < -0.39 is 10.0 Å². The molecule has 1 aromatic carbocycles. The van der Waals surface area contributed by atoms with Crippen LogP contribution in [0.1, 0.15) is 43.6 Å². The molecule has 2 heterocycles. The third kappa shape index (κ3) is 5.75. The molecular weight excluding hydrogens is 414 g/mol. The minimum atomic E-state index is -3.33. The van der Waals surface area contributed by atoms with Gasteiger partial charge in [-0.25, -0.2) is 13.1 Å². The van der Waals surface area contributed by atoms with Gasteiger partial charge in [0.05, 0.1) is 43.1 Å². The van der Waals surface area contributed by atoms with Gasteiger partial charge in [-0.15, -0.1) is 0 Å². The summed E-state index contributed by atoms with van der Waals surface area (Å²) in [5.74, 6) is 0.679. The van der Waals surface area contributed by atoms with Crippen LogP contribution < -0.4 is 9.62 Å². The molecule has 2 fully saturated rings. The molecule has 1 saturated heterocycles. The van der Waals surface area contributed by atoms with E-state index in [4.69, 9.17) is 4.74 Å². The quantitative estimate of drug-likeness (QED) is 0.681. The zero-order chi connectivity index (χ0) is 21.8. The number of rotatable bonds is 7. The van der Waals surface area contributed by atoms with Crippen molar-refractivity contribution >= 4 is 15.7 Å². The Morgan fingerprint density at radius 1 is 1.13 bits per heavy atom. The van der Waals surface area contributed by atoms with Gasteiger partial charge in [0.15, 0.2) is 0 Å². The van der Waals surface area contributed by atoms with E-state index in [1.54, 1.807) is 12.3 Å². The zero-order valence-electron chi connectivity index (χ0n) is 17.9. The number of hydrogen-bond donors (Lipinski definition) is 2. The first-order valence-electron chi connectivity index (χ1n) is 10.9. The van der Waals surface area contributed by atoms with Crippen molar-refractivity contribution in [1.82, 2.24) is 9.71 Å². The van der Waals surface area contributed by atoms with E-state index in [2.05, 4.69) is 44.9 Å². The maximum absolute atomic E-state index is 11.9. The highest BCUT2D eigenvalue weighted by molar-refractivity contribution is 7.88. The number of aromatic hydroxyl groups is 1. The summed E-state index contributed by atoms with van der Waals surface area (Å²) >= 11 is 0. The molecule has 4 rings (SSSR count). The minimum absolute atomic E-state index is 0.0934. The first kappa shape index (κ1) is 22.0. The van der Waals surface area contributed by atoms with E-state index in [1.165, 1.54) is 18.0 Å². The molecule has 31 heavy (non-hydrogen) atoms. The Kier molecular flexibility index (Phi) is 6.79. The van der Waals surface area contributed by atoms with E-state index in [9.17, 15) is 13.5 Å². The Morgan fingerprint density at radius 2 is 1.87 bits per heavy atom. The van der Waals surface area contributed by atoms with Crippen molar-refractivity contribution in [1.29, 1.82) is 0 Å². The fourth-order valence-corrected chi connectivity index (χ4v) is 5.71. The number of benzene rings is 1. The van der Waals surface area contributed by atoms with Gasteiger partial charge in [0.1, 0.15) is 5.75 Å². The van der Waals surface area contributed by atoms with Crippen molar-refractivity contribution in [2.75, 3.05) is 24.3 Å². The molecule has 2 atom stereocenters. The summed E-state index contributed by atoms with van der Waals surface area (Å²) in [4.78, 5) is 6.17. The number of hydrogen-bond acceptors (Lipinski definition) is 6. The highest BCUT2D eigenvalue weighted by Crippen LogP contribution is 2.35. The lowest BCUT2D eigenvalue weighted by Gasteiger charge is -2.33. The molecule has 1 aliphatic carbocycles. The highest BCUT2D eigenvalue weighted by Gasteiger charge is 2.37. The minimum Gasteiger partial charge on any atom is -0.506 e. The number of anilines is 1. The smallest absolute Gasteiger partial charge is 0.209 e. The lowest BCUT2D eigenvalue weighted by Crippen LogP contribution is -2.48. The SMILES string of the molecule is CS(=O)(=O)N[C@H]1CCN(c2cncc(O)c2)[C@H]1CO[C@H]1CC[C@@H](c2ccccc2)CC1. The van der Waals surface area contributed by atoms with Crippen molar-refractivity contribution in [3.63, 3.8) is 0 Å². The van der Waals surface area contributed by atoms with Crippen LogP contribution in [0.4, 0.5) is 5.69 Å². The summed E-state index contributed by atoms with van der Waals surface area (Å²) in [6, 6.07) is 11.9. The van der Waals surface area contributed by atoms with Crippen LogP contribution in [0.25, 0.3) is 0 Å². The van der Waals surface area contributed by atoms with Crippen LogP contribution in [0.15, 0.2) is 48.8 Å². The number of sulfonamides is 1. The van der Waals surface area contributed by atoms with Crippen LogP contribution >= 0.6 is 0 Å². The molecule has 1 aromatic heterocycles. The second kappa shape index (κ2) is 9.54. The van der Waals surface area contributed by atoms with Gasteiger partial charge in [0.25, 0.3) is 0 Å². The summed E-state index contributed by atoms with van der Waals surface area (Å²) in [5.41, 5.74) is 2.18. The van der Waals surface area contributed by atoms with Gasteiger partial charge in [0, 0.05) is 18.7 Å². The predicted octanol–water partition coefficient (Wildman–Crippen LogP) is 3.03. The van der Waals surface area contributed by atoms with Crippen LogP contribution in [-0.2, 0) is 14.8 Å². The van der Waals surface area contributed by atoms with Crippen molar-refractivity contribution < 1.29 is 18.3 Å². The number of nitrogens with one attached hydrogen (secondary N) is 1. The Hall–Kier alpha value is -2.16. The Balaban J connectivity index is 1.39. The lowest BCUT2D eigenvalue weighted by molar-refractivity contribution is 0.0157. The van der Waals surface area contributed by atoms with Crippen LogP contribution in [0.2, 0.25) is 0 Å². The monoisotopic (exact) mass is 445 g/mol. The lowest BCUT2D eigenvalue weighted by atomic mass is 9.83. The zero-order valence-corrected chi connectivity index (χ0v) is 18.7. The second-order valence-corrected chi connectivity index (χ2v) is 10.4. The largest absolute Gasteiger partial charge is 0.506 e. The molecule has 0 unspecified atom stereocenters. The summed E-state index contributed by atoms with van der Waals surface area (Å²) in [7, 11) is -3.33. The molecule has 0 amide bonds. The molecule has 2 aliphatic rings. The predicted molar refractivity (Wildman–Crippen MR) is 121 cm³/mol. The topological polar surface area (TPSA) is 91.8 Å². The number of nitrogens with zero attached hydrogens (tertiary/aromatic N) is 2. The normalized spacial score (nSPS) is 26.8. The van der Waals surface area contributed by atoms with Gasteiger partial charge < -0.3 is 14.7 Å². The molecule has 1 aliphatic heterocycles. The second-order valence-electron chi connectivity index (χ2n) is 8.66. The van der Waals surface area contributed by atoms with E-state index in [-0.39, 0.29) is 23.9 Å². The van der Waals surface area contributed by atoms with E-state index >= 15 is 0 Å². The van der Waals surface area contributed by atoms with Crippen LogP contribution in [0.5, 0.6) is 5.75 Å².